The number of anilines is 3. The van der Waals surface area contributed by atoms with Crippen LogP contribution < -0.4 is 15.4 Å². The predicted octanol–water partition coefficient (Wildman–Crippen LogP) is 4.73. The minimum atomic E-state index is 0.0717. The van der Waals surface area contributed by atoms with Crippen LogP contribution >= 0.6 is 0 Å². The van der Waals surface area contributed by atoms with Gasteiger partial charge in [-0.25, -0.2) is 0 Å². The minimum Gasteiger partial charge on any atom is -0.497 e. The molecule has 1 atom stereocenters. The van der Waals surface area contributed by atoms with E-state index in [-0.39, 0.29) is 5.91 Å². The average Bonchev–Trinajstić information content (AvgIpc) is 3.10. The molecule has 1 aliphatic rings. The molecule has 1 aliphatic carbocycles. The zero-order valence-electron chi connectivity index (χ0n) is 13.8. The monoisotopic (exact) mass is 322 g/mol. The van der Waals surface area contributed by atoms with Crippen molar-refractivity contribution in [2.75, 3.05) is 17.7 Å². The quantitative estimate of drug-likeness (QED) is 0.756. The number of rotatable bonds is 6. The molecule has 4 heteroatoms. The zero-order valence-corrected chi connectivity index (χ0v) is 13.8. The third-order valence-electron chi connectivity index (χ3n) is 4.11. The third-order valence-corrected chi connectivity index (χ3v) is 4.11. The van der Waals surface area contributed by atoms with Crippen LogP contribution in [0, 0.1) is 5.92 Å². The molecule has 4 nitrogen and oxygen atoms in total. The Hall–Kier alpha value is -2.75. The molecule has 1 amide bonds. The fraction of sp³-hybridized carbons (Fsp3) is 0.250. The summed E-state index contributed by atoms with van der Waals surface area (Å²) in [6, 6.07) is 15.5. The van der Waals surface area contributed by atoms with E-state index in [0.29, 0.717) is 12.3 Å². The second kappa shape index (κ2) is 7.68. The lowest BCUT2D eigenvalue weighted by Gasteiger charge is -2.10. The van der Waals surface area contributed by atoms with Crippen molar-refractivity contribution in [3.05, 3.63) is 60.7 Å². The molecule has 3 rings (SSSR count). The van der Waals surface area contributed by atoms with Gasteiger partial charge in [0.15, 0.2) is 0 Å². The standard InChI is InChI=1S/C20H22N2O2/c1-24-19-12-10-17(11-13-19)21-16-6-8-18(9-7-16)22-20(23)14-15-4-2-3-5-15/h2,4,6-13,15,21H,3,5,14H2,1H3,(H,22,23)/t15-/m1/s1. The predicted molar refractivity (Wildman–Crippen MR) is 97.8 cm³/mol. The Labute approximate surface area is 142 Å². The van der Waals surface area contributed by atoms with Gasteiger partial charge in [0, 0.05) is 23.5 Å². The highest BCUT2D eigenvalue weighted by Gasteiger charge is 2.13. The van der Waals surface area contributed by atoms with Crippen molar-refractivity contribution in [3.63, 3.8) is 0 Å². The highest BCUT2D eigenvalue weighted by atomic mass is 16.5. The Kier molecular flexibility index (Phi) is 5.16. The van der Waals surface area contributed by atoms with Crippen LogP contribution in [0.5, 0.6) is 5.75 Å². The van der Waals surface area contributed by atoms with E-state index in [1.807, 2.05) is 48.5 Å². The summed E-state index contributed by atoms with van der Waals surface area (Å²) in [6.45, 7) is 0. The number of hydrogen-bond donors (Lipinski definition) is 2. The van der Waals surface area contributed by atoms with Gasteiger partial charge < -0.3 is 15.4 Å². The average molecular weight is 322 g/mol. The molecule has 0 saturated heterocycles. The first-order valence-corrected chi connectivity index (χ1v) is 8.20. The van der Waals surface area contributed by atoms with Crippen molar-refractivity contribution < 1.29 is 9.53 Å². The second-order valence-corrected chi connectivity index (χ2v) is 5.95. The largest absolute Gasteiger partial charge is 0.497 e. The van der Waals surface area contributed by atoms with E-state index in [4.69, 9.17) is 4.74 Å². The number of carbonyl (C=O) groups is 1. The molecule has 0 aliphatic heterocycles. The maximum Gasteiger partial charge on any atom is 0.224 e. The Morgan fingerprint density at radius 3 is 2.25 bits per heavy atom. The summed E-state index contributed by atoms with van der Waals surface area (Å²) in [5.41, 5.74) is 2.78. The summed E-state index contributed by atoms with van der Waals surface area (Å²) >= 11 is 0. The van der Waals surface area contributed by atoms with E-state index in [1.165, 1.54) is 0 Å². The number of benzene rings is 2. The molecule has 2 aromatic carbocycles. The third kappa shape index (κ3) is 4.38. The number of nitrogens with one attached hydrogen (secondary N) is 2. The van der Waals surface area contributed by atoms with Crippen molar-refractivity contribution in [2.45, 2.75) is 19.3 Å². The summed E-state index contributed by atoms with van der Waals surface area (Å²) in [6.07, 6.45) is 7.02. The highest BCUT2D eigenvalue weighted by Crippen LogP contribution is 2.23. The van der Waals surface area contributed by atoms with E-state index in [2.05, 4.69) is 22.8 Å². The molecule has 0 bridgehead atoms. The van der Waals surface area contributed by atoms with Crippen LogP contribution in [0.2, 0.25) is 0 Å². The van der Waals surface area contributed by atoms with E-state index in [9.17, 15) is 4.79 Å². The Bertz CT molecular complexity index is 705. The van der Waals surface area contributed by atoms with Crippen LogP contribution in [0.3, 0.4) is 0 Å². The smallest absolute Gasteiger partial charge is 0.224 e. The second-order valence-electron chi connectivity index (χ2n) is 5.95. The summed E-state index contributed by atoms with van der Waals surface area (Å²) in [7, 11) is 1.65. The van der Waals surface area contributed by atoms with Gasteiger partial charge in [-0.1, -0.05) is 12.2 Å². The van der Waals surface area contributed by atoms with Gasteiger partial charge in [-0.3, -0.25) is 4.79 Å². The van der Waals surface area contributed by atoms with E-state index < -0.39 is 0 Å². The number of amides is 1. The number of ether oxygens (including phenoxy) is 1. The van der Waals surface area contributed by atoms with Crippen LogP contribution in [0.4, 0.5) is 17.1 Å². The normalized spacial score (nSPS) is 16.0. The molecule has 0 unspecified atom stereocenters. The van der Waals surface area contributed by atoms with Crippen LogP contribution in [0.1, 0.15) is 19.3 Å². The van der Waals surface area contributed by atoms with Gasteiger partial charge in [0.1, 0.15) is 5.75 Å². The van der Waals surface area contributed by atoms with Gasteiger partial charge in [0.05, 0.1) is 7.11 Å². The van der Waals surface area contributed by atoms with Gasteiger partial charge in [0.25, 0.3) is 0 Å². The lowest BCUT2D eigenvalue weighted by molar-refractivity contribution is -0.116. The number of methoxy groups -OCH3 is 1. The molecule has 0 fully saturated rings. The van der Waals surface area contributed by atoms with Gasteiger partial charge in [-0.05, 0) is 67.3 Å². The molecule has 2 N–H and O–H groups in total. The zero-order chi connectivity index (χ0) is 16.8. The van der Waals surface area contributed by atoms with Crippen molar-refractivity contribution >= 4 is 23.0 Å². The molecular weight excluding hydrogens is 300 g/mol. The topological polar surface area (TPSA) is 50.4 Å². The SMILES string of the molecule is COc1ccc(Nc2ccc(NC(=O)C[C@@H]3C=CCC3)cc2)cc1. The lowest BCUT2D eigenvalue weighted by Crippen LogP contribution is -2.14. The number of hydrogen-bond acceptors (Lipinski definition) is 3. The van der Waals surface area contributed by atoms with Gasteiger partial charge in [-0.2, -0.15) is 0 Å². The highest BCUT2D eigenvalue weighted by molar-refractivity contribution is 5.91. The fourth-order valence-electron chi connectivity index (χ4n) is 2.79. The van der Waals surface area contributed by atoms with Gasteiger partial charge in [0.2, 0.25) is 5.91 Å². The van der Waals surface area contributed by atoms with Crippen molar-refractivity contribution in [2.24, 2.45) is 5.92 Å². The van der Waals surface area contributed by atoms with Crippen molar-refractivity contribution in [1.29, 1.82) is 0 Å². The van der Waals surface area contributed by atoms with E-state index in [0.717, 1.165) is 35.7 Å². The Morgan fingerprint density at radius 1 is 1.04 bits per heavy atom. The lowest BCUT2D eigenvalue weighted by atomic mass is 10.1. The first kappa shape index (κ1) is 16.1. The Morgan fingerprint density at radius 2 is 1.67 bits per heavy atom. The number of allylic oxidation sites excluding steroid dienone is 2. The molecule has 2 aromatic rings. The van der Waals surface area contributed by atoms with Crippen molar-refractivity contribution in [3.8, 4) is 5.75 Å². The van der Waals surface area contributed by atoms with Gasteiger partial charge >= 0.3 is 0 Å². The maximum absolute atomic E-state index is 12.0. The minimum absolute atomic E-state index is 0.0717. The first-order chi connectivity index (χ1) is 11.7. The van der Waals surface area contributed by atoms with Crippen LogP contribution in [0.25, 0.3) is 0 Å². The molecule has 0 radical (unpaired) electrons. The Balaban J connectivity index is 1.54. The van der Waals surface area contributed by atoms with Crippen molar-refractivity contribution in [1.82, 2.24) is 0 Å². The number of carbonyl (C=O) groups excluding carboxylic acids is 1. The molecule has 0 heterocycles. The first-order valence-electron chi connectivity index (χ1n) is 8.20. The molecule has 24 heavy (non-hydrogen) atoms. The molecular formula is C20H22N2O2. The maximum atomic E-state index is 12.0. The van der Waals surface area contributed by atoms with Crippen LogP contribution in [-0.4, -0.2) is 13.0 Å². The molecule has 124 valence electrons. The summed E-state index contributed by atoms with van der Waals surface area (Å²) in [5.74, 6) is 1.29. The summed E-state index contributed by atoms with van der Waals surface area (Å²) in [4.78, 5) is 12.0. The van der Waals surface area contributed by atoms with Crippen LogP contribution in [-0.2, 0) is 4.79 Å². The molecule has 0 aromatic heterocycles. The molecule has 0 spiro atoms. The van der Waals surface area contributed by atoms with E-state index >= 15 is 0 Å². The summed E-state index contributed by atoms with van der Waals surface area (Å²) in [5, 5.41) is 6.27. The molecule has 0 saturated carbocycles. The van der Waals surface area contributed by atoms with Gasteiger partial charge in [-0.15, -0.1) is 0 Å². The van der Waals surface area contributed by atoms with E-state index in [1.54, 1.807) is 7.11 Å². The summed E-state index contributed by atoms with van der Waals surface area (Å²) < 4.78 is 5.15. The fourth-order valence-corrected chi connectivity index (χ4v) is 2.79. The van der Waals surface area contributed by atoms with Crippen LogP contribution in [0.15, 0.2) is 60.7 Å².